The van der Waals surface area contributed by atoms with Crippen LogP contribution in [-0.2, 0) is 9.71 Å². The number of rotatable bonds is 6. The zero-order chi connectivity index (χ0) is 22.6. The van der Waals surface area contributed by atoms with Gasteiger partial charge in [-0.1, -0.05) is 38.8 Å². The Bertz CT molecular complexity index is 1110. The van der Waals surface area contributed by atoms with Gasteiger partial charge in [0.05, 0.1) is 15.4 Å². The minimum atomic E-state index is -2.63. The number of fused-ring (bicyclic) bond motifs is 1. The van der Waals surface area contributed by atoms with Gasteiger partial charge in [-0.05, 0) is 61.0 Å². The van der Waals surface area contributed by atoms with E-state index in [4.69, 9.17) is 5.73 Å². The van der Waals surface area contributed by atoms with Crippen LogP contribution in [0.3, 0.4) is 0 Å². The van der Waals surface area contributed by atoms with Crippen LogP contribution in [0.4, 0.5) is 4.39 Å². The van der Waals surface area contributed by atoms with E-state index in [2.05, 4.69) is 20.6 Å². The van der Waals surface area contributed by atoms with Crippen molar-refractivity contribution in [2.45, 2.75) is 63.1 Å². The molecule has 2 unspecified atom stereocenters. The van der Waals surface area contributed by atoms with Gasteiger partial charge in [-0.3, -0.25) is 0 Å². The Balaban J connectivity index is 0.00000132. The Morgan fingerprint density at radius 3 is 2.52 bits per heavy atom. The Morgan fingerprint density at radius 1 is 1.26 bits per heavy atom. The summed E-state index contributed by atoms with van der Waals surface area (Å²) in [5, 5.41) is 0.861. The number of alkyl halides is 1. The summed E-state index contributed by atoms with van der Waals surface area (Å²) in [5.41, 5.74) is 9.12. The molecule has 2 heterocycles. The number of nitrogens with two attached hydrogens (primary N) is 1. The first-order chi connectivity index (χ1) is 14.8. The third kappa shape index (κ3) is 5.17. The fourth-order valence-corrected chi connectivity index (χ4v) is 5.23. The van der Waals surface area contributed by atoms with Crippen LogP contribution in [0.25, 0.3) is 22.2 Å². The fraction of sp³-hybridized carbons (Fsp3) is 0.417. The van der Waals surface area contributed by atoms with Gasteiger partial charge in [0.25, 0.3) is 0 Å². The lowest BCUT2D eigenvalue weighted by Gasteiger charge is -2.25. The molecule has 3 aromatic rings. The SMILES string of the molecule is C=S(=O)(NCC1(N)CCCC1)c1ccc(-c2ccnc3[nH]c(C(C)F)cc23)cc1.CC. The topological polar surface area (TPSA) is 83.8 Å². The number of benzene rings is 1. The third-order valence-electron chi connectivity index (χ3n) is 5.78. The highest BCUT2D eigenvalue weighted by Gasteiger charge is 2.29. The Morgan fingerprint density at radius 2 is 1.90 bits per heavy atom. The second-order valence-corrected chi connectivity index (χ2v) is 10.2. The number of halogens is 1. The van der Waals surface area contributed by atoms with Crippen LogP contribution < -0.4 is 10.5 Å². The van der Waals surface area contributed by atoms with Crippen molar-refractivity contribution in [1.82, 2.24) is 14.7 Å². The maximum Gasteiger partial charge on any atom is 0.138 e. The molecule has 0 bridgehead atoms. The van der Waals surface area contributed by atoms with Crippen molar-refractivity contribution in [1.29, 1.82) is 0 Å². The van der Waals surface area contributed by atoms with Gasteiger partial charge >= 0.3 is 0 Å². The highest BCUT2D eigenvalue weighted by molar-refractivity contribution is 7.98. The highest BCUT2D eigenvalue weighted by atomic mass is 32.2. The van der Waals surface area contributed by atoms with Crippen molar-refractivity contribution in [2.75, 3.05) is 6.54 Å². The van der Waals surface area contributed by atoms with Gasteiger partial charge < -0.3 is 10.7 Å². The van der Waals surface area contributed by atoms with Crippen LogP contribution in [0.2, 0.25) is 0 Å². The van der Waals surface area contributed by atoms with Crippen LogP contribution >= 0.6 is 0 Å². The fourth-order valence-electron chi connectivity index (χ4n) is 3.97. The van der Waals surface area contributed by atoms with Crippen LogP contribution in [0.5, 0.6) is 0 Å². The number of H-pyrrole nitrogens is 1. The molecule has 7 heteroatoms. The predicted octanol–water partition coefficient (Wildman–Crippen LogP) is 5.14. The van der Waals surface area contributed by atoms with E-state index in [0.29, 0.717) is 22.8 Å². The van der Waals surface area contributed by atoms with Crippen molar-refractivity contribution < 1.29 is 8.60 Å². The zero-order valence-corrected chi connectivity index (χ0v) is 19.4. The minimum absolute atomic E-state index is 0.289. The monoisotopic (exact) mass is 444 g/mol. The average Bonchev–Trinajstić information content (AvgIpc) is 3.41. The molecule has 168 valence electrons. The van der Waals surface area contributed by atoms with Crippen molar-refractivity contribution in [3.63, 3.8) is 0 Å². The summed E-state index contributed by atoms with van der Waals surface area (Å²) in [7, 11) is -2.63. The maximum absolute atomic E-state index is 13.7. The third-order valence-corrected chi connectivity index (χ3v) is 7.43. The minimum Gasteiger partial charge on any atom is -0.341 e. The average molecular weight is 445 g/mol. The second kappa shape index (κ2) is 9.51. The van der Waals surface area contributed by atoms with Gasteiger partial charge in [-0.2, -0.15) is 0 Å². The molecular weight excluding hydrogens is 411 g/mol. The van der Waals surface area contributed by atoms with E-state index in [1.54, 1.807) is 12.3 Å². The number of hydrogen-bond acceptors (Lipinski definition) is 3. The quantitative estimate of drug-likeness (QED) is 0.460. The van der Waals surface area contributed by atoms with Crippen molar-refractivity contribution in [2.24, 2.45) is 5.73 Å². The highest BCUT2D eigenvalue weighted by Crippen LogP contribution is 2.31. The number of nitrogens with one attached hydrogen (secondary N) is 2. The molecule has 0 saturated heterocycles. The lowest BCUT2D eigenvalue weighted by Crippen LogP contribution is -2.47. The van der Waals surface area contributed by atoms with Gasteiger partial charge in [0.15, 0.2) is 0 Å². The summed E-state index contributed by atoms with van der Waals surface area (Å²) in [4.78, 5) is 7.96. The van der Waals surface area contributed by atoms with E-state index in [1.807, 2.05) is 44.2 Å². The van der Waals surface area contributed by atoms with Gasteiger partial charge in [-0.15, -0.1) is 0 Å². The molecule has 1 fully saturated rings. The molecule has 2 atom stereocenters. The first-order valence-corrected chi connectivity index (χ1v) is 12.6. The molecule has 4 N–H and O–H groups in total. The number of aromatic amines is 1. The first-order valence-electron chi connectivity index (χ1n) is 10.9. The summed E-state index contributed by atoms with van der Waals surface area (Å²) in [6, 6.07) is 11.2. The van der Waals surface area contributed by atoms with E-state index in [0.717, 1.165) is 42.2 Å². The largest absolute Gasteiger partial charge is 0.341 e. The van der Waals surface area contributed by atoms with Crippen molar-refractivity contribution in [3.05, 3.63) is 48.3 Å². The van der Waals surface area contributed by atoms with Gasteiger partial charge in [0.1, 0.15) is 11.8 Å². The predicted molar refractivity (Wildman–Crippen MR) is 129 cm³/mol. The Labute approximate surface area is 184 Å². The molecule has 1 saturated carbocycles. The molecular formula is C24H33FN4OS. The lowest BCUT2D eigenvalue weighted by atomic mass is 10.0. The van der Waals surface area contributed by atoms with Crippen LogP contribution in [0.1, 0.15) is 58.3 Å². The molecule has 31 heavy (non-hydrogen) atoms. The number of aromatic nitrogens is 2. The van der Waals surface area contributed by atoms with E-state index < -0.39 is 15.9 Å². The zero-order valence-electron chi connectivity index (χ0n) is 18.6. The molecule has 0 amide bonds. The van der Waals surface area contributed by atoms with E-state index in [-0.39, 0.29) is 5.54 Å². The molecule has 5 nitrogen and oxygen atoms in total. The smallest absolute Gasteiger partial charge is 0.138 e. The molecule has 2 aromatic heterocycles. The Kier molecular flexibility index (Phi) is 7.19. The molecule has 0 radical (unpaired) electrons. The van der Waals surface area contributed by atoms with E-state index in [9.17, 15) is 8.60 Å². The van der Waals surface area contributed by atoms with Crippen molar-refractivity contribution >= 4 is 26.6 Å². The lowest BCUT2D eigenvalue weighted by molar-refractivity contribution is 0.367. The van der Waals surface area contributed by atoms with E-state index in [1.165, 1.54) is 6.92 Å². The van der Waals surface area contributed by atoms with Crippen LogP contribution in [0, 0.1) is 0 Å². The molecule has 0 aliphatic heterocycles. The van der Waals surface area contributed by atoms with Gasteiger partial charge in [-0.25, -0.2) is 18.3 Å². The number of hydrogen-bond donors (Lipinski definition) is 3. The maximum atomic E-state index is 13.7. The standard InChI is InChI=1S/C22H27FN4OS.C2H6/c1-15(23)20-13-19-18(9-12-25-21(19)27-20)16-5-7-17(8-6-16)29(2,28)26-14-22(24)10-3-4-11-22;1-2/h5-9,12-13,15H,2-4,10-11,14,24H2,1H3,(H,25,27)(H,26,28);1-2H3. The first kappa shape index (κ1) is 23.4. The van der Waals surface area contributed by atoms with Crippen LogP contribution in [0.15, 0.2) is 47.5 Å². The molecule has 1 aliphatic carbocycles. The Hall–Kier alpha value is -2.22. The molecule has 4 rings (SSSR count). The summed E-state index contributed by atoms with van der Waals surface area (Å²) in [5.74, 6) is 3.91. The van der Waals surface area contributed by atoms with Gasteiger partial charge in [0.2, 0.25) is 0 Å². The van der Waals surface area contributed by atoms with Gasteiger partial charge in [0, 0.05) is 28.6 Å². The molecule has 1 aromatic carbocycles. The van der Waals surface area contributed by atoms with Crippen molar-refractivity contribution in [3.8, 4) is 11.1 Å². The summed E-state index contributed by atoms with van der Waals surface area (Å²) in [6.07, 6.45) is 4.74. The number of pyridine rings is 1. The van der Waals surface area contributed by atoms with E-state index >= 15 is 0 Å². The molecule has 1 aliphatic rings. The normalized spacial score (nSPS) is 18.2. The second-order valence-electron chi connectivity index (χ2n) is 8.05. The summed E-state index contributed by atoms with van der Waals surface area (Å²) < 4.78 is 29.9. The number of nitrogens with zero attached hydrogens (tertiary/aromatic N) is 1. The summed E-state index contributed by atoms with van der Waals surface area (Å²) in [6.45, 7) is 5.99. The molecule has 0 spiro atoms. The summed E-state index contributed by atoms with van der Waals surface area (Å²) >= 11 is 0. The van der Waals surface area contributed by atoms with Crippen LogP contribution in [-0.4, -0.2) is 32.1 Å².